The van der Waals surface area contributed by atoms with Crippen LogP contribution in [0.5, 0.6) is 5.75 Å². The van der Waals surface area contributed by atoms with Crippen LogP contribution in [0.2, 0.25) is 5.02 Å². The van der Waals surface area contributed by atoms with E-state index in [4.69, 9.17) is 16.3 Å². The Balaban J connectivity index is 1.34. The van der Waals surface area contributed by atoms with Gasteiger partial charge in [-0.3, -0.25) is 14.0 Å². The second-order valence-corrected chi connectivity index (χ2v) is 11.7. The predicted octanol–water partition coefficient (Wildman–Crippen LogP) is 4.60. The van der Waals surface area contributed by atoms with E-state index in [1.807, 2.05) is 18.2 Å². The van der Waals surface area contributed by atoms with E-state index < -0.39 is 16.1 Å². The monoisotopic (exact) mass is 539 g/mol. The summed E-state index contributed by atoms with van der Waals surface area (Å²) in [5, 5.41) is 3.35. The summed E-state index contributed by atoms with van der Waals surface area (Å²) in [6.45, 7) is 3.20. The molecule has 194 valence electrons. The van der Waals surface area contributed by atoms with Gasteiger partial charge in [-0.05, 0) is 67.4 Å². The summed E-state index contributed by atoms with van der Waals surface area (Å²) >= 11 is 6.18. The summed E-state index contributed by atoms with van der Waals surface area (Å²) < 4.78 is 34.2. The van der Waals surface area contributed by atoms with Crippen LogP contribution in [-0.4, -0.2) is 45.0 Å². The molecule has 0 saturated carbocycles. The molecule has 1 amide bonds. The third-order valence-corrected chi connectivity index (χ3v) is 8.86. The second-order valence-electron chi connectivity index (χ2n) is 9.39. The summed E-state index contributed by atoms with van der Waals surface area (Å²) in [5.41, 5.74) is 2.54. The lowest BCUT2D eigenvalue weighted by Crippen LogP contribution is -2.50. The van der Waals surface area contributed by atoms with E-state index in [9.17, 15) is 13.2 Å². The summed E-state index contributed by atoms with van der Waals surface area (Å²) in [6, 6.07) is 21.0. The number of halogens is 1. The lowest BCUT2D eigenvalue weighted by molar-refractivity contribution is -0.127. The molecule has 0 unspecified atom stereocenters. The van der Waals surface area contributed by atoms with Crippen molar-refractivity contribution in [1.29, 1.82) is 0 Å². The largest absolute Gasteiger partial charge is 0.476 e. The normalized spacial score (nSPS) is 18.1. The van der Waals surface area contributed by atoms with Crippen molar-refractivity contribution < 1.29 is 17.9 Å². The number of piperidine rings is 1. The zero-order valence-corrected chi connectivity index (χ0v) is 22.0. The molecule has 0 aliphatic carbocycles. The molecule has 2 aliphatic heterocycles. The Bertz CT molecular complexity index is 1360. The molecule has 2 aliphatic rings. The van der Waals surface area contributed by atoms with Crippen LogP contribution in [0.4, 0.5) is 5.69 Å². The number of hydrogen-bond acceptors (Lipinski definition) is 5. The van der Waals surface area contributed by atoms with Gasteiger partial charge in [-0.2, -0.15) is 0 Å². The highest BCUT2D eigenvalue weighted by Gasteiger charge is 2.37. The van der Waals surface area contributed by atoms with Gasteiger partial charge in [0, 0.05) is 18.1 Å². The summed E-state index contributed by atoms with van der Waals surface area (Å²) in [5.74, 6) is -0.0811. The zero-order chi connectivity index (χ0) is 25.8. The van der Waals surface area contributed by atoms with Crippen LogP contribution in [0.15, 0.2) is 77.7 Å². The fourth-order valence-electron chi connectivity index (χ4n) is 4.85. The fraction of sp³-hybridized carbons (Fsp3) is 0.321. The van der Waals surface area contributed by atoms with E-state index in [0.717, 1.165) is 25.2 Å². The van der Waals surface area contributed by atoms with Crippen LogP contribution >= 0.6 is 11.6 Å². The molecule has 3 aromatic carbocycles. The molecule has 0 bridgehead atoms. The Hall–Kier alpha value is -3.07. The lowest BCUT2D eigenvalue weighted by atomic mass is 10.0. The second kappa shape index (κ2) is 11.1. The molecule has 7 nitrogen and oxygen atoms in total. The fourth-order valence-corrected chi connectivity index (χ4v) is 6.50. The van der Waals surface area contributed by atoms with Crippen molar-refractivity contribution in [3.8, 4) is 5.75 Å². The minimum Gasteiger partial charge on any atom is -0.476 e. The topological polar surface area (TPSA) is 79.0 Å². The number of hydrogen-bond donors (Lipinski definition) is 1. The summed E-state index contributed by atoms with van der Waals surface area (Å²) in [4.78, 5) is 15.8. The van der Waals surface area contributed by atoms with Gasteiger partial charge in [0.1, 0.15) is 5.75 Å². The highest BCUT2D eigenvalue weighted by Crippen LogP contribution is 2.38. The number of rotatable bonds is 7. The van der Waals surface area contributed by atoms with Gasteiger partial charge < -0.3 is 10.1 Å². The van der Waals surface area contributed by atoms with Gasteiger partial charge in [-0.15, -0.1) is 0 Å². The first kappa shape index (κ1) is 25.6. The van der Waals surface area contributed by atoms with Crippen LogP contribution in [0.1, 0.15) is 30.4 Å². The zero-order valence-electron chi connectivity index (χ0n) is 20.5. The van der Waals surface area contributed by atoms with Gasteiger partial charge >= 0.3 is 0 Å². The van der Waals surface area contributed by atoms with E-state index in [0.29, 0.717) is 23.0 Å². The van der Waals surface area contributed by atoms with Crippen molar-refractivity contribution in [3.05, 3.63) is 88.9 Å². The Morgan fingerprint density at radius 3 is 2.41 bits per heavy atom. The highest BCUT2D eigenvalue weighted by molar-refractivity contribution is 7.92. The van der Waals surface area contributed by atoms with Crippen molar-refractivity contribution in [2.24, 2.45) is 0 Å². The van der Waals surface area contributed by atoms with Crippen LogP contribution < -0.4 is 14.4 Å². The number of likely N-dealkylation sites (tertiary alicyclic amines) is 1. The summed E-state index contributed by atoms with van der Waals surface area (Å²) in [6.07, 6.45) is 2.70. The molecule has 37 heavy (non-hydrogen) atoms. The van der Waals surface area contributed by atoms with Crippen LogP contribution in [-0.2, 0) is 27.9 Å². The number of amides is 1. The number of nitrogens with zero attached hydrogens (tertiary/aromatic N) is 2. The third kappa shape index (κ3) is 5.76. The van der Waals surface area contributed by atoms with Gasteiger partial charge in [0.2, 0.25) is 0 Å². The minimum absolute atomic E-state index is 0.133. The average molecular weight is 540 g/mol. The molecule has 0 spiro atoms. The predicted molar refractivity (Wildman–Crippen MR) is 144 cm³/mol. The van der Waals surface area contributed by atoms with Crippen molar-refractivity contribution in [2.75, 3.05) is 23.9 Å². The Kier molecular flexibility index (Phi) is 7.69. The number of nitrogens with one attached hydrogen (secondary N) is 1. The number of sulfonamides is 1. The van der Waals surface area contributed by atoms with Gasteiger partial charge in [-0.25, -0.2) is 8.42 Å². The maximum absolute atomic E-state index is 13.5. The van der Waals surface area contributed by atoms with Gasteiger partial charge in [0.25, 0.3) is 15.9 Å². The molecular weight excluding hydrogens is 510 g/mol. The minimum atomic E-state index is -3.94. The van der Waals surface area contributed by atoms with Crippen molar-refractivity contribution in [1.82, 2.24) is 10.2 Å². The molecule has 9 heteroatoms. The molecule has 5 rings (SSSR count). The van der Waals surface area contributed by atoms with Gasteiger partial charge in [0.15, 0.2) is 6.10 Å². The average Bonchev–Trinajstić information content (AvgIpc) is 2.93. The highest BCUT2D eigenvalue weighted by atomic mass is 35.5. The molecule has 2 heterocycles. The van der Waals surface area contributed by atoms with Crippen molar-refractivity contribution >= 4 is 33.2 Å². The molecule has 1 atom stereocenters. The van der Waals surface area contributed by atoms with Crippen molar-refractivity contribution in [3.63, 3.8) is 0 Å². The van der Waals surface area contributed by atoms with E-state index in [1.54, 1.807) is 36.4 Å². The third-order valence-electron chi connectivity index (χ3n) is 6.83. The Morgan fingerprint density at radius 2 is 1.65 bits per heavy atom. The van der Waals surface area contributed by atoms with Crippen LogP contribution in [0, 0.1) is 0 Å². The van der Waals surface area contributed by atoms with Gasteiger partial charge in [0.05, 0.1) is 17.1 Å². The van der Waals surface area contributed by atoms with E-state index >= 15 is 0 Å². The van der Waals surface area contributed by atoms with Crippen LogP contribution in [0.3, 0.4) is 0 Å². The Labute approximate surface area is 223 Å². The van der Waals surface area contributed by atoms with E-state index in [-0.39, 0.29) is 17.3 Å². The molecule has 1 N–H and O–H groups in total. The maximum Gasteiger partial charge on any atom is 0.264 e. The SMILES string of the molecule is O=C(NCc1ccccc1CN1CCCCC1)[C@H]1CN(S(=O)(=O)c2ccccc2)c2cc(Cl)ccc2O1. The first-order chi connectivity index (χ1) is 17.9. The number of anilines is 1. The van der Waals surface area contributed by atoms with E-state index in [1.165, 1.54) is 41.3 Å². The molecule has 3 aromatic rings. The molecule has 1 saturated heterocycles. The quantitative estimate of drug-likeness (QED) is 0.475. The Morgan fingerprint density at radius 1 is 0.946 bits per heavy atom. The van der Waals surface area contributed by atoms with E-state index in [2.05, 4.69) is 16.3 Å². The summed E-state index contributed by atoms with van der Waals surface area (Å²) in [7, 11) is -3.94. The molecule has 0 aromatic heterocycles. The van der Waals surface area contributed by atoms with Crippen molar-refractivity contribution in [2.45, 2.75) is 43.4 Å². The van der Waals surface area contributed by atoms with Gasteiger partial charge in [-0.1, -0.05) is 60.5 Å². The number of benzene rings is 3. The number of carbonyl (C=O) groups excluding carboxylic acids is 1. The van der Waals surface area contributed by atoms with Crippen LogP contribution in [0.25, 0.3) is 0 Å². The first-order valence-corrected chi connectivity index (χ1v) is 14.3. The first-order valence-electron chi connectivity index (χ1n) is 12.5. The number of fused-ring (bicyclic) bond motifs is 1. The molecular formula is C28H30ClN3O4S. The maximum atomic E-state index is 13.5. The molecule has 1 fully saturated rings. The number of carbonyl (C=O) groups is 1. The smallest absolute Gasteiger partial charge is 0.264 e. The standard InChI is InChI=1S/C28H30ClN3O4S/c29-23-13-14-26-25(17-23)32(37(34,35)24-11-3-1-4-12-24)20-27(36-26)28(33)30-18-21-9-5-6-10-22(21)19-31-15-7-2-8-16-31/h1,3-6,9-14,17,27H,2,7-8,15-16,18-20H2,(H,30,33)/t27-/m1/s1. The molecule has 0 radical (unpaired) electrons. The number of ether oxygens (including phenoxy) is 1. The lowest BCUT2D eigenvalue weighted by Gasteiger charge is -2.35.